The Labute approximate surface area is 187 Å². The minimum Gasteiger partial charge on any atom is -0.344 e. The Morgan fingerprint density at radius 1 is 1.00 bits per heavy atom. The number of carbonyl (C=O) groups excluding carboxylic acids is 1. The highest BCUT2D eigenvalue weighted by Crippen LogP contribution is 2.33. The summed E-state index contributed by atoms with van der Waals surface area (Å²) >= 11 is 1.56. The highest BCUT2D eigenvalue weighted by atomic mass is 32.1. The van der Waals surface area contributed by atoms with Crippen molar-refractivity contribution < 1.29 is 13.6 Å². The second-order valence-electron chi connectivity index (χ2n) is 7.87. The van der Waals surface area contributed by atoms with Crippen LogP contribution in [0.2, 0.25) is 0 Å². The second kappa shape index (κ2) is 7.98. The first-order valence-corrected chi connectivity index (χ1v) is 11.1. The zero-order chi connectivity index (χ0) is 22.4. The molecule has 1 saturated heterocycles. The summed E-state index contributed by atoms with van der Waals surface area (Å²) in [4.78, 5) is 21.5. The summed E-state index contributed by atoms with van der Waals surface area (Å²) in [5.74, 6) is -0.821. The molecule has 0 bridgehead atoms. The highest BCUT2D eigenvalue weighted by Gasteiger charge is 2.25. The number of nitrogens with zero attached hydrogens (tertiary/aromatic N) is 5. The molecule has 4 aromatic rings. The number of carbonyl (C=O) groups is 1. The lowest BCUT2D eigenvalue weighted by Crippen LogP contribution is -2.48. The Morgan fingerprint density at radius 2 is 1.72 bits per heavy atom. The van der Waals surface area contributed by atoms with Crippen LogP contribution in [0.15, 0.2) is 42.5 Å². The van der Waals surface area contributed by atoms with E-state index in [1.807, 2.05) is 6.92 Å². The molecule has 1 aliphatic rings. The fraction of sp³-hybridized carbons (Fsp3) is 0.261. The lowest BCUT2D eigenvalue weighted by Gasteiger charge is -2.34. The molecule has 0 spiro atoms. The van der Waals surface area contributed by atoms with Gasteiger partial charge in [0.25, 0.3) is 5.91 Å². The Hall–Kier alpha value is -3.33. The van der Waals surface area contributed by atoms with Gasteiger partial charge in [-0.1, -0.05) is 17.4 Å². The zero-order valence-corrected chi connectivity index (χ0v) is 18.5. The monoisotopic (exact) mass is 453 g/mol. The first kappa shape index (κ1) is 20.6. The van der Waals surface area contributed by atoms with E-state index in [0.717, 1.165) is 26.9 Å². The van der Waals surface area contributed by atoms with Gasteiger partial charge in [-0.15, -0.1) is 0 Å². The molecular formula is C23H21F2N5OS. The minimum atomic E-state index is -0.366. The molecule has 0 radical (unpaired) electrons. The summed E-state index contributed by atoms with van der Waals surface area (Å²) in [5, 5.41) is 5.42. The van der Waals surface area contributed by atoms with Crippen molar-refractivity contribution in [3.05, 3.63) is 70.9 Å². The van der Waals surface area contributed by atoms with E-state index in [2.05, 4.69) is 10.00 Å². The van der Waals surface area contributed by atoms with Gasteiger partial charge in [-0.2, -0.15) is 10.1 Å². The second-order valence-corrected chi connectivity index (χ2v) is 8.84. The van der Waals surface area contributed by atoms with Crippen LogP contribution in [-0.2, 0) is 0 Å². The van der Waals surface area contributed by atoms with E-state index in [0.29, 0.717) is 37.3 Å². The van der Waals surface area contributed by atoms with Crippen molar-refractivity contribution in [1.82, 2.24) is 19.7 Å². The maximum absolute atomic E-state index is 13.9. The van der Waals surface area contributed by atoms with Crippen molar-refractivity contribution >= 4 is 32.7 Å². The lowest BCUT2D eigenvalue weighted by atomic mass is 10.1. The van der Waals surface area contributed by atoms with Gasteiger partial charge in [-0.05, 0) is 55.8 Å². The number of hydrogen-bond acceptors (Lipinski definition) is 5. The molecular weight excluding hydrogens is 432 g/mol. The van der Waals surface area contributed by atoms with Gasteiger partial charge in [-0.3, -0.25) is 4.79 Å². The van der Waals surface area contributed by atoms with E-state index in [4.69, 9.17) is 4.98 Å². The van der Waals surface area contributed by atoms with E-state index < -0.39 is 0 Å². The van der Waals surface area contributed by atoms with E-state index in [1.54, 1.807) is 52.1 Å². The number of hydrogen-bond donors (Lipinski definition) is 0. The van der Waals surface area contributed by atoms with Crippen molar-refractivity contribution in [2.45, 2.75) is 13.8 Å². The van der Waals surface area contributed by atoms with Crippen LogP contribution in [0.3, 0.4) is 0 Å². The highest BCUT2D eigenvalue weighted by molar-refractivity contribution is 7.22. The molecule has 0 unspecified atom stereocenters. The van der Waals surface area contributed by atoms with Crippen LogP contribution in [0, 0.1) is 25.5 Å². The zero-order valence-electron chi connectivity index (χ0n) is 17.7. The summed E-state index contributed by atoms with van der Waals surface area (Å²) in [6.45, 7) is 5.96. The Balaban J connectivity index is 1.34. The number of anilines is 1. The molecule has 9 heteroatoms. The van der Waals surface area contributed by atoms with Crippen LogP contribution in [0.1, 0.15) is 21.6 Å². The molecule has 0 N–H and O–H groups in total. The van der Waals surface area contributed by atoms with Gasteiger partial charge >= 0.3 is 0 Å². The number of rotatable bonds is 3. The van der Waals surface area contributed by atoms with Crippen LogP contribution in [0.4, 0.5) is 13.9 Å². The molecule has 6 nitrogen and oxygen atoms in total. The minimum absolute atomic E-state index is 0.157. The van der Waals surface area contributed by atoms with Crippen LogP contribution in [0.5, 0.6) is 0 Å². The molecule has 0 saturated carbocycles. The van der Waals surface area contributed by atoms with Crippen LogP contribution in [0.25, 0.3) is 16.0 Å². The first-order valence-electron chi connectivity index (χ1n) is 10.3. The molecule has 5 rings (SSSR count). The number of thiazole rings is 1. The SMILES string of the molecule is Cc1ccc(C(=O)N2CCN(c3nc4c(s3)c(C)nn4-c3ccc(F)cc3)CC2)cc1F. The predicted molar refractivity (Wildman–Crippen MR) is 121 cm³/mol. The lowest BCUT2D eigenvalue weighted by molar-refractivity contribution is 0.0746. The number of benzene rings is 2. The van der Waals surface area contributed by atoms with E-state index in [9.17, 15) is 13.6 Å². The normalized spacial score (nSPS) is 14.4. The van der Waals surface area contributed by atoms with Crippen LogP contribution >= 0.6 is 11.3 Å². The quantitative estimate of drug-likeness (QED) is 0.463. The molecule has 2 aromatic heterocycles. The van der Waals surface area contributed by atoms with Crippen LogP contribution in [-0.4, -0.2) is 51.8 Å². The van der Waals surface area contributed by atoms with Crippen molar-refractivity contribution in [3.63, 3.8) is 0 Å². The molecule has 32 heavy (non-hydrogen) atoms. The van der Waals surface area contributed by atoms with E-state index >= 15 is 0 Å². The standard InChI is InChI=1S/C23H21F2N5OS/c1-14-3-4-16(13-19(14)25)22(31)28-9-11-29(12-10-28)23-26-21-20(32-23)15(2)27-30(21)18-7-5-17(24)6-8-18/h3-8,13H,9-12H2,1-2H3. The molecule has 3 heterocycles. The average molecular weight is 454 g/mol. The molecule has 1 fully saturated rings. The summed E-state index contributed by atoms with van der Waals surface area (Å²) in [7, 11) is 0. The third-order valence-corrected chi connectivity index (χ3v) is 6.92. The van der Waals surface area contributed by atoms with Crippen molar-refractivity contribution in [2.24, 2.45) is 0 Å². The van der Waals surface area contributed by atoms with Gasteiger partial charge in [-0.25, -0.2) is 13.5 Å². The summed E-state index contributed by atoms with van der Waals surface area (Å²) < 4.78 is 29.9. The predicted octanol–water partition coefficient (Wildman–Crippen LogP) is 4.34. The van der Waals surface area contributed by atoms with Gasteiger partial charge in [0.1, 0.15) is 11.6 Å². The maximum atomic E-state index is 13.9. The first-order chi connectivity index (χ1) is 15.4. The smallest absolute Gasteiger partial charge is 0.254 e. The maximum Gasteiger partial charge on any atom is 0.254 e. The summed E-state index contributed by atoms with van der Waals surface area (Å²) in [6.07, 6.45) is 0. The van der Waals surface area contributed by atoms with Gasteiger partial charge in [0.15, 0.2) is 10.8 Å². The molecule has 1 aliphatic heterocycles. The van der Waals surface area contributed by atoms with Crippen molar-refractivity contribution in [2.75, 3.05) is 31.1 Å². The Bertz CT molecular complexity index is 1310. The van der Waals surface area contributed by atoms with E-state index in [1.165, 1.54) is 18.2 Å². The Kier molecular flexibility index (Phi) is 5.13. The fourth-order valence-corrected chi connectivity index (χ4v) is 4.87. The number of aryl methyl sites for hydroxylation is 2. The van der Waals surface area contributed by atoms with E-state index in [-0.39, 0.29) is 17.5 Å². The number of aromatic nitrogens is 3. The molecule has 0 aliphatic carbocycles. The van der Waals surface area contributed by atoms with Gasteiger partial charge in [0.05, 0.1) is 16.1 Å². The summed E-state index contributed by atoms with van der Waals surface area (Å²) in [6, 6.07) is 10.8. The van der Waals surface area contributed by atoms with Crippen molar-refractivity contribution in [1.29, 1.82) is 0 Å². The van der Waals surface area contributed by atoms with Gasteiger partial charge < -0.3 is 9.80 Å². The molecule has 0 atom stereocenters. The van der Waals surface area contributed by atoms with Crippen molar-refractivity contribution in [3.8, 4) is 5.69 Å². The van der Waals surface area contributed by atoms with Gasteiger partial charge in [0.2, 0.25) is 0 Å². The third-order valence-electron chi connectivity index (χ3n) is 5.70. The number of fused-ring (bicyclic) bond motifs is 1. The Morgan fingerprint density at radius 3 is 2.41 bits per heavy atom. The molecule has 2 aromatic carbocycles. The molecule has 164 valence electrons. The number of piperazine rings is 1. The number of amides is 1. The molecule has 1 amide bonds. The number of halogens is 2. The third kappa shape index (κ3) is 3.62. The van der Waals surface area contributed by atoms with Crippen LogP contribution < -0.4 is 4.90 Å². The largest absolute Gasteiger partial charge is 0.344 e. The fourth-order valence-electron chi connectivity index (χ4n) is 3.83. The topological polar surface area (TPSA) is 54.3 Å². The summed E-state index contributed by atoms with van der Waals surface area (Å²) in [5.41, 5.74) is 3.25. The average Bonchev–Trinajstić information content (AvgIpc) is 3.36. The van der Waals surface area contributed by atoms with Gasteiger partial charge in [0, 0.05) is 31.7 Å².